The van der Waals surface area contributed by atoms with Crippen LogP contribution in [0.15, 0.2) is 58.8 Å². The second-order valence-electron chi connectivity index (χ2n) is 7.82. The number of carbonyl (C=O) groups is 1. The quantitative estimate of drug-likeness (QED) is 0.434. The molecule has 2 heterocycles. The maximum absolute atomic E-state index is 12.9. The van der Waals surface area contributed by atoms with E-state index in [9.17, 15) is 4.79 Å². The molecule has 1 unspecified atom stereocenters. The highest BCUT2D eigenvalue weighted by atomic mass is 35.5. The number of aromatic nitrogens is 2. The zero-order valence-corrected chi connectivity index (χ0v) is 19.7. The van der Waals surface area contributed by atoms with E-state index in [0.29, 0.717) is 29.9 Å². The third kappa shape index (κ3) is 4.88. The molecule has 7 nitrogen and oxygen atoms in total. The summed E-state index contributed by atoms with van der Waals surface area (Å²) in [5, 5.41) is 7.94. The van der Waals surface area contributed by atoms with Crippen LogP contribution in [0.3, 0.4) is 0 Å². The highest BCUT2D eigenvalue weighted by Gasteiger charge is 2.35. The molecule has 0 fully saturated rings. The van der Waals surface area contributed by atoms with Gasteiger partial charge in [-0.15, -0.1) is 0 Å². The molecule has 2 aromatic carbocycles. The second kappa shape index (κ2) is 10.1. The molecule has 8 heteroatoms. The Balaban J connectivity index is 1.74. The first kappa shape index (κ1) is 22.9. The highest BCUT2D eigenvalue weighted by molar-refractivity contribution is 6.30. The normalized spacial score (nSPS) is 16.2. The maximum atomic E-state index is 12.9. The summed E-state index contributed by atoms with van der Waals surface area (Å²) in [6.07, 6.45) is 1.88. The SMILES string of the molecule is CCCCN1C(=O)NC(c2ccc(Cl)cc2)C(c2nc(-c3ccc(OCC)cc3)no2)=C1C. The van der Waals surface area contributed by atoms with E-state index < -0.39 is 6.04 Å². The van der Waals surface area contributed by atoms with Crippen molar-refractivity contribution in [3.05, 3.63) is 70.7 Å². The fraction of sp³-hybridized carbons (Fsp3) is 0.320. The molecule has 1 aliphatic heterocycles. The summed E-state index contributed by atoms with van der Waals surface area (Å²) in [5.74, 6) is 1.63. The van der Waals surface area contributed by atoms with Crippen LogP contribution >= 0.6 is 11.6 Å². The van der Waals surface area contributed by atoms with Crippen LogP contribution in [0.2, 0.25) is 5.02 Å². The molecule has 172 valence electrons. The Morgan fingerprint density at radius 3 is 2.52 bits per heavy atom. The van der Waals surface area contributed by atoms with Crippen molar-refractivity contribution in [3.63, 3.8) is 0 Å². The number of nitrogens with one attached hydrogen (secondary N) is 1. The van der Waals surface area contributed by atoms with Crippen molar-refractivity contribution < 1.29 is 14.1 Å². The van der Waals surface area contributed by atoms with Gasteiger partial charge in [0.05, 0.1) is 18.2 Å². The van der Waals surface area contributed by atoms with Gasteiger partial charge < -0.3 is 14.6 Å². The molecular formula is C25H27ClN4O3. The molecule has 1 aromatic heterocycles. The average molecular weight is 467 g/mol. The zero-order chi connectivity index (χ0) is 23.4. The van der Waals surface area contributed by atoms with Crippen LogP contribution in [0.5, 0.6) is 5.75 Å². The number of carbonyl (C=O) groups excluding carboxylic acids is 1. The third-order valence-corrected chi connectivity index (χ3v) is 5.87. The van der Waals surface area contributed by atoms with Gasteiger partial charge in [0.1, 0.15) is 5.75 Å². The first-order chi connectivity index (χ1) is 16.0. The number of hydrogen-bond acceptors (Lipinski definition) is 5. The van der Waals surface area contributed by atoms with E-state index in [2.05, 4.69) is 22.4 Å². The zero-order valence-electron chi connectivity index (χ0n) is 19.0. The smallest absolute Gasteiger partial charge is 0.322 e. The minimum Gasteiger partial charge on any atom is -0.494 e. The molecule has 1 N–H and O–H groups in total. The van der Waals surface area contributed by atoms with E-state index in [-0.39, 0.29) is 6.03 Å². The van der Waals surface area contributed by atoms with Crippen molar-refractivity contribution in [2.75, 3.05) is 13.2 Å². The summed E-state index contributed by atoms with van der Waals surface area (Å²) < 4.78 is 11.2. The Bertz CT molecular complexity index is 1140. The van der Waals surface area contributed by atoms with E-state index in [1.54, 1.807) is 17.0 Å². The lowest BCUT2D eigenvalue weighted by molar-refractivity contribution is 0.204. The van der Waals surface area contributed by atoms with Gasteiger partial charge in [-0.05, 0) is 62.2 Å². The number of rotatable bonds is 8. The minimum atomic E-state index is -0.429. The van der Waals surface area contributed by atoms with Crippen molar-refractivity contribution in [1.82, 2.24) is 20.4 Å². The lowest BCUT2D eigenvalue weighted by Crippen LogP contribution is -2.46. The van der Waals surface area contributed by atoms with Crippen molar-refractivity contribution in [1.29, 1.82) is 0 Å². The Morgan fingerprint density at radius 1 is 1.12 bits per heavy atom. The third-order valence-electron chi connectivity index (χ3n) is 5.61. The lowest BCUT2D eigenvalue weighted by atomic mass is 9.94. The van der Waals surface area contributed by atoms with Gasteiger partial charge >= 0.3 is 6.03 Å². The average Bonchev–Trinajstić information content (AvgIpc) is 3.29. The topological polar surface area (TPSA) is 80.5 Å². The maximum Gasteiger partial charge on any atom is 0.322 e. The van der Waals surface area contributed by atoms with Crippen molar-refractivity contribution in [2.24, 2.45) is 0 Å². The first-order valence-electron chi connectivity index (χ1n) is 11.1. The number of benzene rings is 2. The monoisotopic (exact) mass is 466 g/mol. The fourth-order valence-electron chi connectivity index (χ4n) is 3.87. The standard InChI is InChI=1S/C25H27ClN4O3/c1-4-6-15-30-16(3)21(22(27-25(30)31)17-7-11-19(26)12-8-17)24-28-23(29-33-24)18-9-13-20(14-10-18)32-5-2/h7-14,22H,4-6,15H2,1-3H3,(H,27,31). The molecule has 4 rings (SSSR count). The summed E-state index contributed by atoms with van der Waals surface area (Å²) in [6.45, 7) is 7.18. The molecular weight excluding hydrogens is 440 g/mol. The molecule has 0 aliphatic carbocycles. The van der Waals surface area contributed by atoms with Crippen LogP contribution < -0.4 is 10.1 Å². The summed E-state index contributed by atoms with van der Waals surface area (Å²) in [4.78, 5) is 19.4. The predicted molar refractivity (Wildman–Crippen MR) is 128 cm³/mol. The number of allylic oxidation sites excluding steroid dienone is 1. The Hall–Kier alpha value is -3.32. The fourth-order valence-corrected chi connectivity index (χ4v) is 3.99. The molecule has 1 aliphatic rings. The number of nitrogens with zero attached hydrogens (tertiary/aromatic N) is 3. The van der Waals surface area contributed by atoms with E-state index in [0.717, 1.165) is 41.0 Å². The van der Waals surface area contributed by atoms with Crippen LogP contribution in [-0.4, -0.2) is 34.2 Å². The molecule has 2 amide bonds. The number of ether oxygens (including phenoxy) is 1. The van der Waals surface area contributed by atoms with Gasteiger partial charge in [0.25, 0.3) is 5.89 Å². The molecule has 0 saturated heterocycles. The molecule has 0 radical (unpaired) electrons. The van der Waals surface area contributed by atoms with Gasteiger partial charge in [-0.1, -0.05) is 42.2 Å². The second-order valence-corrected chi connectivity index (χ2v) is 8.26. The van der Waals surface area contributed by atoms with E-state index >= 15 is 0 Å². The van der Waals surface area contributed by atoms with Crippen LogP contribution in [0, 0.1) is 0 Å². The molecule has 0 spiro atoms. The molecule has 3 aromatic rings. The Morgan fingerprint density at radius 2 is 1.85 bits per heavy atom. The van der Waals surface area contributed by atoms with Gasteiger partial charge in [-0.25, -0.2) is 4.79 Å². The van der Waals surface area contributed by atoms with Crippen molar-refractivity contribution >= 4 is 23.2 Å². The number of halogens is 1. The number of urea groups is 1. The van der Waals surface area contributed by atoms with Crippen LogP contribution in [0.4, 0.5) is 4.79 Å². The van der Waals surface area contributed by atoms with E-state index in [1.165, 1.54) is 0 Å². The molecule has 33 heavy (non-hydrogen) atoms. The van der Waals surface area contributed by atoms with E-state index in [1.807, 2.05) is 50.2 Å². The first-order valence-corrected chi connectivity index (χ1v) is 11.5. The van der Waals surface area contributed by atoms with Gasteiger partial charge in [-0.3, -0.25) is 4.90 Å². The number of unbranched alkanes of at least 4 members (excludes halogenated alkanes) is 1. The summed E-state index contributed by atoms with van der Waals surface area (Å²) in [6, 6.07) is 14.4. The van der Waals surface area contributed by atoms with Gasteiger partial charge in [0.15, 0.2) is 0 Å². The number of amides is 2. The van der Waals surface area contributed by atoms with Crippen molar-refractivity contribution in [2.45, 2.75) is 39.7 Å². The van der Waals surface area contributed by atoms with Crippen LogP contribution in [0.25, 0.3) is 17.0 Å². The minimum absolute atomic E-state index is 0.143. The Kier molecular flexibility index (Phi) is 6.99. The largest absolute Gasteiger partial charge is 0.494 e. The van der Waals surface area contributed by atoms with E-state index in [4.69, 9.17) is 20.9 Å². The molecule has 0 saturated carbocycles. The highest BCUT2D eigenvalue weighted by Crippen LogP contribution is 2.37. The van der Waals surface area contributed by atoms with Crippen molar-refractivity contribution in [3.8, 4) is 17.1 Å². The molecule has 0 bridgehead atoms. The van der Waals surface area contributed by atoms with Crippen LogP contribution in [0.1, 0.15) is 51.1 Å². The lowest BCUT2D eigenvalue weighted by Gasteiger charge is -2.35. The Labute approximate surface area is 198 Å². The van der Waals surface area contributed by atoms with Gasteiger partial charge in [0.2, 0.25) is 5.82 Å². The number of hydrogen-bond donors (Lipinski definition) is 1. The predicted octanol–water partition coefficient (Wildman–Crippen LogP) is 6.09. The molecule has 1 atom stereocenters. The van der Waals surface area contributed by atoms with Gasteiger partial charge in [0, 0.05) is 22.8 Å². The summed E-state index contributed by atoms with van der Waals surface area (Å²) in [5.41, 5.74) is 3.28. The summed E-state index contributed by atoms with van der Waals surface area (Å²) >= 11 is 6.09. The van der Waals surface area contributed by atoms with Gasteiger partial charge in [-0.2, -0.15) is 4.98 Å². The van der Waals surface area contributed by atoms with Crippen LogP contribution in [-0.2, 0) is 0 Å². The summed E-state index contributed by atoms with van der Waals surface area (Å²) in [7, 11) is 0.